The van der Waals surface area contributed by atoms with Crippen molar-refractivity contribution in [2.24, 2.45) is 0 Å². The Balaban J connectivity index is 1.61. The molecule has 0 radical (unpaired) electrons. The predicted octanol–water partition coefficient (Wildman–Crippen LogP) is 1.34. The summed E-state index contributed by atoms with van der Waals surface area (Å²) in [5.74, 6) is -1.99. The third-order valence-electron chi connectivity index (χ3n) is 5.25. The number of nitriles is 1. The molecule has 32 heavy (non-hydrogen) atoms. The maximum Gasteiger partial charge on any atom is 0.326 e. The number of imide groups is 1. The first-order valence-electron chi connectivity index (χ1n) is 9.98. The van der Waals surface area contributed by atoms with E-state index in [1.807, 2.05) is 12.1 Å². The average molecular weight is 438 g/mol. The van der Waals surface area contributed by atoms with Crippen LogP contribution in [0.4, 0.5) is 10.6 Å². The Bertz CT molecular complexity index is 1080. The van der Waals surface area contributed by atoms with E-state index in [0.29, 0.717) is 18.5 Å². The van der Waals surface area contributed by atoms with E-state index in [-0.39, 0.29) is 11.4 Å². The number of hydrogen-bond donors (Lipinski definition) is 2. The lowest BCUT2D eigenvalue weighted by Gasteiger charge is -2.22. The van der Waals surface area contributed by atoms with Crippen LogP contribution in [0.1, 0.15) is 32.3 Å². The van der Waals surface area contributed by atoms with Gasteiger partial charge in [-0.05, 0) is 25.0 Å². The first-order valence-corrected chi connectivity index (χ1v) is 9.98. The quantitative estimate of drug-likeness (QED) is 0.467. The third kappa shape index (κ3) is 4.29. The molecular weight excluding hydrogens is 416 g/mol. The second-order valence-corrected chi connectivity index (χ2v) is 7.09. The molecule has 0 aliphatic carbocycles. The van der Waals surface area contributed by atoms with Crippen molar-refractivity contribution < 1.29 is 23.9 Å². The lowest BCUT2D eigenvalue weighted by atomic mass is 9.93. The number of rotatable bonds is 8. The van der Waals surface area contributed by atoms with Crippen molar-refractivity contribution >= 4 is 29.6 Å². The number of nitrogens with one attached hydrogen (secondary N) is 2. The Morgan fingerprint density at radius 2 is 1.91 bits per heavy atom. The third-order valence-corrected chi connectivity index (χ3v) is 5.25. The molecule has 0 bridgehead atoms. The van der Waals surface area contributed by atoms with Crippen LogP contribution in [0, 0.1) is 11.3 Å². The standard InChI is InChI=1S/C21H22N6O5/c1-3-21(4-2)19(30)26(20(31)25-21)12-17(29)32-13-16(28)24-18-14(10-22)11-23-27(18)15-8-6-5-7-9-15/h5-9,11H,3-4,12-13H2,1-2H3,(H,24,28)(H,25,31). The van der Waals surface area contributed by atoms with E-state index in [4.69, 9.17) is 4.74 Å². The van der Waals surface area contributed by atoms with Gasteiger partial charge in [0.15, 0.2) is 12.4 Å². The molecule has 2 aromatic rings. The predicted molar refractivity (Wildman–Crippen MR) is 111 cm³/mol. The Labute approximate surface area is 183 Å². The number of urea groups is 1. The number of ether oxygens (including phenoxy) is 1. The molecule has 1 aliphatic rings. The van der Waals surface area contributed by atoms with Crippen LogP contribution in [-0.2, 0) is 19.1 Å². The molecule has 1 aromatic heterocycles. The number of para-hydroxylation sites is 1. The van der Waals surface area contributed by atoms with Gasteiger partial charge in [-0.2, -0.15) is 10.4 Å². The minimum absolute atomic E-state index is 0.128. The lowest BCUT2D eigenvalue weighted by Crippen LogP contribution is -2.46. The van der Waals surface area contributed by atoms with Crippen LogP contribution in [0.5, 0.6) is 0 Å². The van der Waals surface area contributed by atoms with E-state index in [2.05, 4.69) is 15.7 Å². The number of anilines is 1. The van der Waals surface area contributed by atoms with E-state index in [9.17, 15) is 24.4 Å². The van der Waals surface area contributed by atoms with Gasteiger partial charge in [-0.3, -0.25) is 19.3 Å². The highest BCUT2D eigenvalue weighted by Crippen LogP contribution is 2.24. The second-order valence-electron chi connectivity index (χ2n) is 7.09. The van der Waals surface area contributed by atoms with Gasteiger partial charge < -0.3 is 15.4 Å². The van der Waals surface area contributed by atoms with Crippen LogP contribution in [0.25, 0.3) is 5.69 Å². The number of amides is 4. The number of nitrogens with zero attached hydrogens (tertiary/aromatic N) is 4. The molecule has 0 unspecified atom stereocenters. The fraction of sp³-hybridized carbons (Fsp3) is 0.333. The normalized spacial score (nSPS) is 14.6. The largest absolute Gasteiger partial charge is 0.454 e. The Morgan fingerprint density at radius 3 is 2.50 bits per heavy atom. The van der Waals surface area contributed by atoms with Crippen molar-refractivity contribution in [2.45, 2.75) is 32.2 Å². The zero-order valence-corrected chi connectivity index (χ0v) is 17.6. The summed E-state index contributed by atoms with van der Waals surface area (Å²) >= 11 is 0. The molecule has 0 atom stereocenters. The maximum atomic E-state index is 12.5. The Hall–Kier alpha value is -4.20. The van der Waals surface area contributed by atoms with Crippen LogP contribution in [0.15, 0.2) is 36.5 Å². The Morgan fingerprint density at radius 1 is 1.22 bits per heavy atom. The Kier molecular flexibility index (Phi) is 6.53. The van der Waals surface area contributed by atoms with E-state index in [1.54, 1.807) is 38.1 Å². The van der Waals surface area contributed by atoms with Gasteiger partial charge in [-0.15, -0.1) is 0 Å². The molecule has 4 amide bonds. The summed E-state index contributed by atoms with van der Waals surface area (Å²) in [4.78, 5) is 49.9. The first-order chi connectivity index (χ1) is 15.3. The molecule has 2 heterocycles. The summed E-state index contributed by atoms with van der Waals surface area (Å²) in [6, 6.07) is 10.1. The van der Waals surface area contributed by atoms with Gasteiger partial charge in [0.2, 0.25) is 0 Å². The molecule has 166 valence electrons. The van der Waals surface area contributed by atoms with Crippen molar-refractivity contribution in [3.05, 3.63) is 42.1 Å². The molecule has 2 N–H and O–H groups in total. The van der Waals surface area contributed by atoms with Crippen molar-refractivity contribution in [1.29, 1.82) is 5.26 Å². The average Bonchev–Trinajstić information content (AvgIpc) is 3.31. The molecule has 3 rings (SSSR count). The molecule has 0 spiro atoms. The zero-order valence-electron chi connectivity index (χ0n) is 17.6. The van der Waals surface area contributed by atoms with Crippen molar-refractivity contribution in [3.63, 3.8) is 0 Å². The van der Waals surface area contributed by atoms with Crippen LogP contribution >= 0.6 is 0 Å². The van der Waals surface area contributed by atoms with E-state index in [0.717, 1.165) is 4.90 Å². The zero-order chi connectivity index (χ0) is 23.3. The molecule has 11 nitrogen and oxygen atoms in total. The highest BCUT2D eigenvalue weighted by atomic mass is 16.5. The van der Waals surface area contributed by atoms with Crippen molar-refractivity contribution in [3.8, 4) is 11.8 Å². The molecule has 11 heteroatoms. The number of aromatic nitrogens is 2. The molecule has 0 saturated carbocycles. The summed E-state index contributed by atoms with van der Waals surface area (Å²) in [5.41, 5.74) is -0.281. The monoisotopic (exact) mass is 438 g/mol. The molecular formula is C21H22N6O5. The highest BCUT2D eigenvalue weighted by Gasteiger charge is 2.49. The van der Waals surface area contributed by atoms with Crippen molar-refractivity contribution in [2.75, 3.05) is 18.5 Å². The van der Waals surface area contributed by atoms with Gasteiger partial charge in [0.25, 0.3) is 11.8 Å². The molecule has 1 fully saturated rings. The summed E-state index contributed by atoms with van der Waals surface area (Å²) in [6.07, 6.45) is 2.08. The fourth-order valence-corrected chi connectivity index (χ4v) is 3.35. The minimum Gasteiger partial charge on any atom is -0.454 e. The van der Waals surface area contributed by atoms with Gasteiger partial charge >= 0.3 is 12.0 Å². The van der Waals surface area contributed by atoms with Crippen LogP contribution in [-0.4, -0.2) is 57.2 Å². The number of carbonyl (C=O) groups excluding carboxylic acids is 4. The highest BCUT2D eigenvalue weighted by molar-refractivity contribution is 6.08. The van der Waals surface area contributed by atoms with Crippen LogP contribution < -0.4 is 10.6 Å². The van der Waals surface area contributed by atoms with Crippen LogP contribution in [0.3, 0.4) is 0 Å². The smallest absolute Gasteiger partial charge is 0.326 e. The van der Waals surface area contributed by atoms with Crippen molar-refractivity contribution in [1.82, 2.24) is 20.0 Å². The molecule has 1 saturated heterocycles. The number of benzene rings is 1. The van der Waals surface area contributed by atoms with E-state index < -0.39 is 42.5 Å². The lowest BCUT2D eigenvalue weighted by molar-refractivity contribution is -0.150. The maximum absolute atomic E-state index is 12.5. The van der Waals surface area contributed by atoms with E-state index in [1.165, 1.54) is 10.9 Å². The van der Waals surface area contributed by atoms with Gasteiger partial charge in [0, 0.05) is 0 Å². The SMILES string of the molecule is CCC1(CC)NC(=O)N(CC(=O)OCC(=O)Nc2c(C#N)cnn2-c2ccccc2)C1=O. The summed E-state index contributed by atoms with van der Waals surface area (Å²) in [7, 11) is 0. The van der Waals surface area contributed by atoms with Gasteiger partial charge in [-0.1, -0.05) is 32.0 Å². The fourth-order valence-electron chi connectivity index (χ4n) is 3.35. The first kappa shape index (κ1) is 22.5. The van der Waals surface area contributed by atoms with Crippen LogP contribution in [0.2, 0.25) is 0 Å². The van der Waals surface area contributed by atoms with Gasteiger partial charge in [-0.25, -0.2) is 9.48 Å². The minimum atomic E-state index is -1.03. The number of hydrogen-bond acceptors (Lipinski definition) is 7. The topological polar surface area (TPSA) is 146 Å². The summed E-state index contributed by atoms with van der Waals surface area (Å²) < 4.78 is 6.30. The second kappa shape index (κ2) is 9.30. The number of carbonyl (C=O) groups is 4. The molecule has 1 aromatic carbocycles. The number of esters is 1. The summed E-state index contributed by atoms with van der Waals surface area (Å²) in [5, 5.41) is 18.5. The van der Waals surface area contributed by atoms with E-state index >= 15 is 0 Å². The molecule has 1 aliphatic heterocycles. The van der Waals surface area contributed by atoms with Gasteiger partial charge in [0.05, 0.1) is 11.9 Å². The summed E-state index contributed by atoms with van der Waals surface area (Å²) in [6.45, 7) is 2.26. The van der Waals surface area contributed by atoms with Gasteiger partial charge in [0.1, 0.15) is 23.7 Å².